The van der Waals surface area contributed by atoms with Crippen molar-refractivity contribution in [3.05, 3.63) is 4.91 Å². The summed E-state index contributed by atoms with van der Waals surface area (Å²) in [5, 5.41) is 2.83. The molecule has 0 aromatic heterocycles. The molecule has 0 aliphatic heterocycles. The van der Waals surface area contributed by atoms with Gasteiger partial charge in [0.05, 0.1) is 13.2 Å². The van der Waals surface area contributed by atoms with Crippen LogP contribution in [0.25, 0.3) is 0 Å². The summed E-state index contributed by atoms with van der Waals surface area (Å²) < 4.78 is 34.3. The average Bonchev–Trinajstić information content (AvgIpc) is 3.12. The number of hydrogen-bond donors (Lipinski definition) is 1. The minimum Gasteiger partial charge on any atom is -0.462 e. The van der Waals surface area contributed by atoms with Crippen molar-refractivity contribution in [2.24, 2.45) is 52.3 Å². The number of carbonyl (C=O) groups excluding carboxylic acids is 2. The smallest absolute Gasteiger partial charge is 0.462 e. The Balaban J connectivity index is 4.80. The summed E-state index contributed by atoms with van der Waals surface area (Å²) >= 11 is 0. The van der Waals surface area contributed by atoms with Crippen LogP contribution >= 0.6 is 7.75 Å². The highest BCUT2D eigenvalue weighted by atomic mass is 31.2. The Labute approximate surface area is 351 Å². The van der Waals surface area contributed by atoms with Crippen molar-refractivity contribution in [3.8, 4) is 0 Å². The molecular formula is C46H91N2O8P. The zero-order valence-electron chi connectivity index (χ0n) is 38.8. The van der Waals surface area contributed by atoms with E-state index in [2.05, 4.69) is 72.6 Å². The maximum atomic E-state index is 13.0. The van der Waals surface area contributed by atoms with E-state index in [-0.39, 0.29) is 37.9 Å². The fourth-order valence-electron chi connectivity index (χ4n) is 7.48. The maximum absolute atomic E-state index is 13.0. The fraction of sp³-hybridized carbons (Fsp3) is 0.957. The largest absolute Gasteiger partial charge is 0.489 e. The van der Waals surface area contributed by atoms with E-state index in [0.29, 0.717) is 18.4 Å². The highest BCUT2D eigenvalue weighted by Crippen LogP contribution is 2.49. The van der Waals surface area contributed by atoms with Gasteiger partial charge in [-0.25, -0.2) is 4.57 Å². The van der Waals surface area contributed by atoms with Crippen molar-refractivity contribution in [3.63, 3.8) is 0 Å². The standard InChI is InChI=1S/C46H91N2O8P/c1-36(2)18-12-20-38(5)22-14-24-40(7)26-16-28-42(9)32-45(49)53-34-44(35-55-57(52,48-51)54-31-30-47-11)56-46(50)33-43(10)29-17-27-41(8)25-15-23-39(6)21-13-19-37(3)4/h36-44,47H,12-35H2,1-11H3. The fourth-order valence-corrected chi connectivity index (χ4v) is 8.32. The summed E-state index contributed by atoms with van der Waals surface area (Å²) in [6, 6.07) is 0. The number of nitrogens with one attached hydrogen (secondary N) is 1. The molecule has 0 aromatic carbocycles. The van der Waals surface area contributed by atoms with E-state index >= 15 is 0 Å². The number of rotatable bonds is 39. The molecule has 0 amide bonds. The first-order valence-electron chi connectivity index (χ1n) is 23.2. The Morgan fingerprint density at radius 1 is 0.526 bits per heavy atom. The third kappa shape index (κ3) is 34.1. The van der Waals surface area contributed by atoms with Gasteiger partial charge in [0.15, 0.2) is 6.10 Å². The van der Waals surface area contributed by atoms with Crippen LogP contribution in [0.4, 0.5) is 0 Å². The van der Waals surface area contributed by atoms with Crippen molar-refractivity contribution in [1.29, 1.82) is 0 Å². The first kappa shape index (κ1) is 55.7. The number of carbonyl (C=O) groups is 2. The van der Waals surface area contributed by atoms with Gasteiger partial charge in [0.25, 0.3) is 0 Å². The van der Waals surface area contributed by atoms with Gasteiger partial charge < -0.3 is 14.8 Å². The van der Waals surface area contributed by atoms with Crippen molar-refractivity contribution in [2.75, 3.05) is 33.4 Å². The zero-order chi connectivity index (χ0) is 43.1. The Hall–Kier alpha value is -1.35. The minimum atomic E-state index is -4.32. The molecule has 0 aromatic rings. The van der Waals surface area contributed by atoms with Crippen LogP contribution in [0.15, 0.2) is 4.95 Å². The lowest BCUT2D eigenvalue weighted by molar-refractivity contribution is -0.162. The summed E-state index contributed by atoms with van der Waals surface area (Å²) in [6.07, 6.45) is 21.2. The molecule has 0 spiro atoms. The highest BCUT2D eigenvalue weighted by Gasteiger charge is 2.30. The molecule has 0 fully saturated rings. The summed E-state index contributed by atoms with van der Waals surface area (Å²) in [7, 11) is -2.63. The van der Waals surface area contributed by atoms with Gasteiger partial charge in [-0.15, -0.1) is 4.91 Å². The molecule has 8 unspecified atom stereocenters. The second-order valence-electron chi connectivity index (χ2n) is 19.0. The lowest BCUT2D eigenvalue weighted by Gasteiger charge is -2.21. The van der Waals surface area contributed by atoms with Crippen LogP contribution in [-0.2, 0) is 32.7 Å². The van der Waals surface area contributed by atoms with E-state index in [0.717, 1.165) is 62.2 Å². The minimum absolute atomic E-state index is 0.0545. The van der Waals surface area contributed by atoms with Gasteiger partial charge in [0, 0.05) is 24.3 Å². The molecule has 10 nitrogen and oxygen atoms in total. The van der Waals surface area contributed by atoms with Crippen LogP contribution < -0.4 is 5.32 Å². The van der Waals surface area contributed by atoms with Crippen LogP contribution in [0, 0.1) is 52.3 Å². The number of ether oxygens (including phenoxy) is 2. The molecule has 8 atom stereocenters. The number of likely N-dealkylation sites (N-methyl/N-ethyl adjacent to an activating group) is 1. The van der Waals surface area contributed by atoms with Crippen molar-refractivity contribution < 1.29 is 32.7 Å². The predicted molar refractivity (Wildman–Crippen MR) is 237 cm³/mol. The molecule has 0 rings (SSSR count). The van der Waals surface area contributed by atoms with Gasteiger partial charge in [-0.05, 0) is 54.4 Å². The van der Waals surface area contributed by atoms with Gasteiger partial charge in [-0.2, -0.15) is 0 Å². The summed E-state index contributed by atoms with van der Waals surface area (Å²) in [4.78, 5) is 39.8. The van der Waals surface area contributed by atoms with Gasteiger partial charge in [-0.3, -0.25) is 18.6 Å². The van der Waals surface area contributed by atoms with Crippen LogP contribution in [0.2, 0.25) is 0 Å². The van der Waals surface area contributed by atoms with E-state index in [1.54, 1.807) is 7.05 Å². The maximum Gasteiger partial charge on any atom is 0.489 e. The molecule has 11 heteroatoms. The third-order valence-electron chi connectivity index (χ3n) is 11.4. The van der Waals surface area contributed by atoms with Gasteiger partial charge in [0.2, 0.25) is 0 Å². The number of hydrogen-bond acceptors (Lipinski definition) is 9. The van der Waals surface area contributed by atoms with Gasteiger partial charge >= 0.3 is 19.7 Å². The predicted octanol–water partition coefficient (Wildman–Crippen LogP) is 13.5. The topological polar surface area (TPSA) is 130 Å². The Bertz CT molecular complexity index is 1060. The molecule has 1 N–H and O–H groups in total. The monoisotopic (exact) mass is 831 g/mol. The molecule has 338 valence electrons. The average molecular weight is 831 g/mol. The van der Waals surface area contributed by atoms with Crippen molar-refractivity contribution >= 4 is 19.7 Å². The molecular weight excluding hydrogens is 739 g/mol. The Kier molecular flexibility index (Phi) is 33.6. The van der Waals surface area contributed by atoms with Crippen LogP contribution in [0.5, 0.6) is 0 Å². The lowest BCUT2D eigenvalue weighted by atomic mass is 9.91. The van der Waals surface area contributed by atoms with Crippen molar-refractivity contribution in [2.45, 2.75) is 204 Å². The first-order chi connectivity index (χ1) is 27.0. The van der Waals surface area contributed by atoms with Crippen LogP contribution in [0.1, 0.15) is 198 Å². The molecule has 57 heavy (non-hydrogen) atoms. The molecule has 0 bridgehead atoms. The van der Waals surface area contributed by atoms with E-state index in [9.17, 15) is 19.1 Å². The summed E-state index contributed by atoms with van der Waals surface area (Å²) in [6.45, 7) is 22.2. The lowest BCUT2D eigenvalue weighted by Crippen LogP contribution is -2.30. The number of nitroso groups, excluding NO2 is 1. The molecule has 0 saturated heterocycles. The normalized spacial score (nSPS) is 16.7. The summed E-state index contributed by atoms with van der Waals surface area (Å²) in [5.41, 5.74) is 0. The van der Waals surface area contributed by atoms with Crippen molar-refractivity contribution in [1.82, 2.24) is 5.32 Å². The molecule has 0 aliphatic carbocycles. The SMILES string of the molecule is CNCCOP(=O)(N=O)OCC(COC(=O)CC(C)CCCC(C)CCCC(C)CCCC(C)C)OC(=O)CC(C)CCCC(C)CCCC(C)CCCC(C)C. The van der Waals surface area contributed by atoms with Crippen LogP contribution in [0.3, 0.4) is 0 Å². The number of nitrogens with zero attached hydrogens (tertiary/aromatic N) is 1. The van der Waals surface area contributed by atoms with Gasteiger partial charge in [0.1, 0.15) is 6.61 Å². The van der Waals surface area contributed by atoms with E-state index in [4.69, 9.17) is 18.5 Å². The highest BCUT2D eigenvalue weighted by molar-refractivity contribution is 7.52. The van der Waals surface area contributed by atoms with E-state index in [1.807, 2.05) is 6.92 Å². The Morgan fingerprint density at radius 3 is 1.26 bits per heavy atom. The second kappa shape index (κ2) is 34.4. The molecule has 0 saturated carbocycles. The molecule has 0 heterocycles. The second-order valence-corrected chi connectivity index (χ2v) is 20.6. The first-order valence-corrected chi connectivity index (χ1v) is 24.7. The quantitative estimate of drug-likeness (QED) is 0.0278. The molecule has 0 radical (unpaired) electrons. The Morgan fingerprint density at radius 2 is 0.895 bits per heavy atom. The molecule has 0 aliphatic rings. The summed E-state index contributed by atoms with van der Waals surface area (Å²) in [5.74, 6) is 3.88. The zero-order valence-corrected chi connectivity index (χ0v) is 39.7. The van der Waals surface area contributed by atoms with Crippen LogP contribution in [-0.4, -0.2) is 51.5 Å². The van der Waals surface area contributed by atoms with E-state index in [1.165, 1.54) is 77.0 Å². The van der Waals surface area contributed by atoms with Gasteiger partial charge in [-0.1, -0.05) is 185 Å². The van der Waals surface area contributed by atoms with E-state index < -0.39 is 32.4 Å². The number of esters is 2. The third-order valence-corrected chi connectivity index (χ3v) is 12.6.